The van der Waals surface area contributed by atoms with Gasteiger partial charge in [0.05, 0.1) is 47.0 Å². The fraction of sp³-hybridized carbons (Fsp3) is 0.160. The predicted molar refractivity (Wildman–Crippen MR) is 138 cm³/mol. The van der Waals surface area contributed by atoms with E-state index in [2.05, 4.69) is 10.3 Å². The molecule has 0 fully saturated rings. The van der Waals surface area contributed by atoms with E-state index < -0.39 is 10.8 Å². The monoisotopic (exact) mass is 506 g/mol. The quantitative estimate of drug-likeness (QED) is 0.153. The van der Waals surface area contributed by atoms with Gasteiger partial charge in [-0.15, -0.1) is 0 Å². The molecule has 0 aliphatic heterocycles. The highest BCUT2D eigenvalue weighted by Crippen LogP contribution is 2.30. The zero-order chi connectivity index (χ0) is 25.7. The minimum Gasteiger partial charge on any atom is -0.497 e. The van der Waals surface area contributed by atoms with Crippen LogP contribution < -0.4 is 20.3 Å². The van der Waals surface area contributed by atoms with Gasteiger partial charge < -0.3 is 14.8 Å². The van der Waals surface area contributed by atoms with Crippen molar-refractivity contribution in [3.05, 3.63) is 87.2 Å². The summed E-state index contributed by atoms with van der Waals surface area (Å²) >= 11 is 1.04. The number of fused-ring (bicyclic) bond motifs is 1. The molecule has 0 saturated carbocycles. The number of aromatic nitrogens is 2. The van der Waals surface area contributed by atoms with Gasteiger partial charge in [0.1, 0.15) is 17.2 Å². The van der Waals surface area contributed by atoms with Gasteiger partial charge in [0.15, 0.2) is 5.16 Å². The molecule has 11 heteroatoms. The molecular formula is C25H22N4O6S. The maximum Gasteiger partial charge on any atom is 0.296 e. The first-order valence-electron chi connectivity index (χ1n) is 10.9. The van der Waals surface area contributed by atoms with Crippen LogP contribution in [0.5, 0.6) is 11.5 Å². The molecule has 0 bridgehead atoms. The molecule has 1 N–H and O–H groups in total. The summed E-state index contributed by atoms with van der Waals surface area (Å²) in [6, 6.07) is 18.1. The molecule has 0 aliphatic carbocycles. The van der Waals surface area contributed by atoms with Crippen LogP contribution in [0, 0.1) is 10.1 Å². The van der Waals surface area contributed by atoms with Crippen LogP contribution in [0.1, 0.15) is 6.92 Å². The molecule has 1 aromatic heterocycles. The minimum absolute atomic E-state index is 0.0470. The number of hydrogen-bond acceptors (Lipinski definition) is 8. The molecule has 3 aromatic carbocycles. The molecule has 0 unspecified atom stereocenters. The molecule has 36 heavy (non-hydrogen) atoms. The van der Waals surface area contributed by atoms with E-state index in [9.17, 15) is 19.7 Å². The Balaban J connectivity index is 1.64. The van der Waals surface area contributed by atoms with Gasteiger partial charge >= 0.3 is 0 Å². The van der Waals surface area contributed by atoms with Crippen LogP contribution in [0.25, 0.3) is 16.6 Å². The average molecular weight is 507 g/mol. The van der Waals surface area contributed by atoms with E-state index >= 15 is 0 Å². The van der Waals surface area contributed by atoms with Crippen molar-refractivity contribution in [1.29, 1.82) is 0 Å². The third kappa shape index (κ3) is 5.31. The number of nitrogens with one attached hydrogen (secondary N) is 1. The Morgan fingerprint density at radius 3 is 2.67 bits per heavy atom. The summed E-state index contributed by atoms with van der Waals surface area (Å²) in [7, 11) is 1.53. The van der Waals surface area contributed by atoms with Crippen LogP contribution in [-0.4, -0.2) is 39.9 Å². The molecule has 1 heterocycles. The Morgan fingerprint density at radius 1 is 1.11 bits per heavy atom. The zero-order valence-corrected chi connectivity index (χ0v) is 20.3. The van der Waals surface area contributed by atoms with E-state index in [-0.39, 0.29) is 22.7 Å². The minimum atomic E-state index is -0.587. The van der Waals surface area contributed by atoms with E-state index in [1.165, 1.54) is 23.8 Å². The number of nitrogens with zero attached hydrogens (tertiary/aromatic N) is 3. The van der Waals surface area contributed by atoms with Crippen molar-refractivity contribution in [1.82, 2.24) is 9.55 Å². The molecule has 0 saturated heterocycles. The Hall–Kier alpha value is -4.38. The molecule has 0 radical (unpaired) electrons. The van der Waals surface area contributed by atoms with Gasteiger partial charge in [0.2, 0.25) is 5.91 Å². The number of carbonyl (C=O) groups excluding carboxylic acids is 1. The number of benzene rings is 3. The summed E-state index contributed by atoms with van der Waals surface area (Å²) in [4.78, 5) is 41.6. The second-order valence-corrected chi connectivity index (χ2v) is 8.40. The second kappa shape index (κ2) is 10.9. The van der Waals surface area contributed by atoms with Crippen LogP contribution in [0.15, 0.2) is 76.7 Å². The van der Waals surface area contributed by atoms with Crippen molar-refractivity contribution < 1.29 is 19.2 Å². The summed E-state index contributed by atoms with van der Waals surface area (Å²) in [6.07, 6.45) is 0. The third-order valence-corrected chi connectivity index (χ3v) is 6.08. The number of carbonyl (C=O) groups is 1. The van der Waals surface area contributed by atoms with Gasteiger partial charge in [-0.2, -0.15) is 0 Å². The van der Waals surface area contributed by atoms with Gasteiger partial charge in [0.25, 0.3) is 11.2 Å². The highest BCUT2D eigenvalue weighted by atomic mass is 32.2. The standard InChI is InChI=1S/C25H22N4O6S/c1-3-35-18-11-12-21(22(14-18)29(32)33)26-23(30)15-36-25-27-20-10-5-4-9-19(20)24(31)28(25)16-7-6-8-17(13-16)34-2/h4-14H,3,15H2,1-2H3,(H,26,30). The van der Waals surface area contributed by atoms with Crippen LogP contribution in [0.4, 0.5) is 11.4 Å². The lowest BCUT2D eigenvalue weighted by molar-refractivity contribution is -0.384. The fourth-order valence-corrected chi connectivity index (χ4v) is 4.34. The lowest BCUT2D eigenvalue weighted by Gasteiger charge is -2.14. The molecule has 0 spiro atoms. The Bertz CT molecular complexity index is 1500. The maximum atomic E-state index is 13.4. The molecule has 4 aromatic rings. The summed E-state index contributed by atoms with van der Waals surface area (Å²) in [5.74, 6) is 0.259. The van der Waals surface area contributed by atoms with E-state index in [0.29, 0.717) is 39.9 Å². The van der Waals surface area contributed by atoms with Gasteiger partial charge in [-0.3, -0.25) is 24.3 Å². The SMILES string of the molecule is CCOc1ccc(NC(=O)CSc2nc3ccccc3c(=O)n2-c2cccc(OC)c2)c([N+](=O)[O-])c1. The Kier molecular flexibility index (Phi) is 7.50. The predicted octanol–water partition coefficient (Wildman–Crippen LogP) is 4.43. The highest BCUT2D eigenvalue weighted by molar-refractivity contribution is 7.99. The molecule has 0 atom stereocenters. The number of anilines is 1. The number of nitro benzene ring substituents is 1. The lowest BCUT2D eigenvalue weighted by Crippen LogP contribution is -2.23. The zero-order valence-electron chi connectivity index (χ0n) is 19.5. The summed E-state index contributed by atoms with van der Waals surface area (Å²) in [6.45, 7) is 2.12. The molecule has 184 valence electrons. The van der Waals surface area contributed by atoms with Crippen LogP contribution in [-0.2, 0) is 4.79 Å². The van der Waals surface area contributed by atoms with E-state index in [0.717, 1.165) is 11.8 Å². The van der Waals surface area contributed by atoms with Gasteiger partial charge in [-0.1, -0.05) is 30.0 Å². The third-order valence-electron chi connectivity index (χ3n) is 5.14. The Labute approximate surface area is 210 Å². The highest BCUT2D eigenvalue weighted by Gasteiger charge is 2.19. The molecule has 0 aliphatic rings. The van der Waals surface area contributed by atoms with Crippen LogP contribution in [0.3, 0.4) is 0 Å². The van der Waals surface area contributed by atoms with Crippen molar-refractivity contribution in [2.24, 2.45) is 0 Å². The number of ether oxygens (including phenoxy) is 2. The van der Waals surface area contributed by atoms with Crippen LogP contribution >= 0.6 is 11.8 Å². The van der Waals surface area contributed by atoms with Gasteiger partial charge in [0, 0.05) is 6.07 Å². The topological polar surface area (TPSA) is 126 Å². The van der Waals surface area contributed by atoms with Crippen molar-refractivity contribution >= 4 is 39.9 Å². The number of hydrogen-bond donors (Lipinski definition) is 1. The number of rotatable bonds is 9. The average Bonchev–Trinajstić information content (AvgIpc) is 2.88. The summed E-state index contributed by atoms with van der Waals surface area (Å²) in [5.41, 5.74) is 0.496. The smallest absolute Gasteiger partial charge is 0.296 e. The van der Waals surface area contributed by atoms with E-state index in [1.807, 2.05) is 0 Å². The number of para-hydroxylation sites is 1. The number of nitro groups is 1. The van der Waals surface area contributed by atoms with E-state index in [1.54, 1.807) is 61.5 Å². The van der Waals surface area contributed by atoms with Crippen molar-refractivity contribution in [2.75, 3.05) is 24.8 Å². The molecular weight excluding hydrogens is 484 g/mol. The first kappa shape index (κ1) is 24.7. The fourth-order valence-electron chi connectivity index (χ4n) is 3.53. The maximum absolute atomic E-state index is 13.4. The number of thioether (sulfide) groups is 1. The van der Waals surface area contributed by atoms with E-state index in [4.69, 9.17) is 9.47 Å². The van der Waals surface area contributed by atoms with Crippen molar-refractivity contribution in [2.45, 2.75) is 12.1 Å². The summed E-state index contributed by atoms with van der Waals surface area (Å²) in [5, 5.41) is 14.8. The Morgan fingerprint density at radius 2 is 1.92 bits per heavy atom. The van der Waals surface area contributed by atoms with Crippen molar-refractivity contribution in [3.8, 4) is 17.2 Å². The number of methoxy groups -OCH3 is 1. The first-order valence-corrected chi connectivity index (χ1v) is 11.9. The second-order valence-electron chi connectivity index (χ2n) is 7.46. The lowest BCUT2D eigenvalue weighted by atomic mass is 10.2. The van der Waals surface area contributed by atoms with Crippen LogP contribution in [0.2, 0.25) is 0 Å². The molecule has 10 nitrogen and oxygen atoms in total. The molecule has 1 amide bonds. The number of amides is 1. The van der Waals surface area contributed by atoms with Gasteiger partial charge in [-0.25, -0.2) is 4.98 Å². The largest absolute Gasteiger partial charge is 0.497 e. The normalized spacial score (nSPS) is 10.7. The summed E-state index contributed by atoms with van der Waals surface area (Å²) < 4.78 is 12.0. The molecule has 4 rings (SSSR count). The van der Waals surface area contributed by atoms with Gasteiger partial charge in [-0.05, 0) is 43.3 Å². The first-order chi connectivity index (χ1) is 17.4. The van der Waals surface area contributed by atoms with Crippen molar-refractivity contribution in [3.63, 3.8) is 0 Å².